The van der Waals surface area contributed by atoms with Gasteiger partial charge < -0.3 is 14.9 Å². The first-order valence-corrected chi connectivity index (χ1v) is 4.16. The van der Waals surface area contributed by atoms with Crippen molar-refractivity contribution in [1.29, 1.82) is 0 Å². The van der Waals surface area contributed by atoms with E-state index in [-0.39, 0.29) is 24.2 Å². The first kappa shape index (κ1) is 13.2. The SMILES string of the molecule is CN(C)CC(=O)N1CC(C(=O)O)C1.Cl. The maximum atomic E-state index is 11.3. The zero-order chi connectivity index (χ0) is 10.0. The van der Waals surface area contributed by atoms with E-state index in [0.717, 1.165) is 0 Å². The maximum Gasteiger partial charge on any atom is 0.310 e. The number of nitrogens with zero attached hydrogens (tertiary/aromatic N) is 2. The van der Waals surface area contributed by atoms with Crippen LogP contribution in [0.3, 0.4) is 0 Å². The van der Waals surface area contributed by atoms with Gasteiger partial charge in [0.1, 0.15) is 0 Å². The van der Waals surface area contributed by atoms with Crippen molar-refractivity contribution in [1.82, 2.24) is 9.80 Å². The Labute approximate surface area is 89.1 Å². The fourth-order valence-corrected chi connectivity index (χ4v) is 1.21. The van der Waals surface area contributed by atoms with Crippen LogP contribution in [-0.4, -0.2) is 60.5 Å². The van der Waals surface area contributed by atoms with E-state index in [9.17, 15) is 9.59 Å². The second-order valence-electron chi connectivity index (χ2n) is 3.57. The van der Waals surface area contributed by atoms with Gasteiger partial charge in [0.25, 0.3) is 0 Å². The van der Waals surface area contributed by atoms with Crippen LogP contribution in [-0.2, 0) is 9.59 Å². The van der Waals surface area contributed by atoms with Gasteiger partial charge in [0, 0.05) is 13.1 Å². The van der Waals surface area contributed by atoms with Gasteiger partial charge in [-0.3, -0.25) is 9.59 Å². The molecule has 1 fully saturated rings. The molecule has 1 rings (SSSR count). The average molecular weight is 223 g/mol. The fraction of sp³-hybridized carbons (Fsp3) is 0.750. The molecule has 0 aromatic carbocycles. The molecule has 0 spiro atoms. The third-order valence-corrected chi connectivity index (χ3v) is 2.03. The third-order valence-electron chi connectivity index (χ3n) is 2.03. The summed E-state index contributed by atoms with van der Waals surface area (Å²) in [4.78, 5) is 25.1. The topological polar surface area (TPSA) is 60.9 Å². The molecule has 6 heteroatoms. The Kier molecular flexibility index (Phi) is 4.87. The molecular formula is C8H15ClN2O3. The highest BCUT2D eigenvalue weighted by Gasteiger charge is 2.35. The Hall–Kier alpha value is -0.810. The molecule has 82 valence electrons. The minimum Gasteiger partial charge on any atom is -0.481 e. The highest BCUT2D eigenvalue weighted by molar-refractivity contribution is 5.85. The second kappa shape index (κ2) is 5.17. The molecule has 1 heterocycles. The molecule has 1 N–H and O–H groups in total. The first-order valence-electron chi connectivity index (χ1n) is 4.16. The number of carbonyl (C=O) groups excluding carboxylic acids is 1. The summed E-state index contributed by atoms with van der Waals surface area (Å²) in [6, 6.07) is 0. The van der Waals surface area contributed by atoms with Crippen molar-refractivity contribution in [2.24, 2.45) is 5.92 Å². The summed E-state index contributed by atoms with van der Waals surface area (Å²) in [6.45, 7) is 1.08. The Morgan fingerprint density at radius 2 is 1.93 bits per heavy atom. The van der Waals surface area contributed by atoms with Crippen molar-refractivity contribution >= 4 is 24.3 Å². The van der Waals surface area contributed by atoms with Crippen LogP contribution in [0.15, 0.2) is 0 Å². The van der Waals surface area contributed by atoms with Crippen LogP contribution in [0.4, 0.5) is 0 Å². The number of likely N-dealkylation sites (N-methyl/N-ethyl adjacent to an activating group) is 1. The molecule has 1 saturated heterocycles. The molecule has 0 radical (unpaired) electrons. The van der Waals surface area contributed by atoms with Crippen molar-refractivity contribution in [3.8, 4) is 0 Å². The summed E-state index contributed by atoms with van der Waals surface area (Å²) in [5, 5.41) is 8.57. The van der Waals surface area contributed by atoms with Crippen molar-refractivity contribution in [2.45, 2.75) is 0 Å². The van der Waals surface area contributed by atoms with E-state index in [0.29, 0.717) is 19.6 Å². The van der Waals surface area contributed by atoms with E-state index in [1.165, 1.54) is 0 Å². The minimum absolute atomic E-state index is 0. The van der Waals surface area contributed by atoms with Crippen LogP contribution in [0.25, 0.3) is 0 Å². The number of hydrogen-bond donors (Lipinski definition) is 1. The van der Waals surface area contributed by atoms with Gasteiger partial charge in [0.15, 0.2) is 0 Å². The predicted molar refractivity (Wildman–Crippen MR) is 53.5 cm³/mol. The highest BCUT2D eigenvalue weighted by Crippen LogP contribution is 2.15. The van der Waals surface area contributed by atoms with Crippen LogP contribution in [0.5, 0.6) is 0 Å². The Bertz CT molecular complexity index is 227. The van der Waals surface area contributed by atoms with E-state index in [2.05, 4.69) is 0 Å². The summed E-state index contributed by atoms with van der Waals surface area (Å²) in [6.07, 6.45) is 0. The number of likely N-dealkylation sites (tertiary alicyclic amines) is 1. The zero-order valence-corrected chi connectivity index (χ0v) is 9.08. The lowest BCUT2D eigenvalue weighted by molar-refractivity contribution is -0.152. The number of aliphatic carboxylic acids is 1. The summed E-state index contributed by atoms with van der Waals surface area (Å²) >= 11 is 0. The van der Waals surface area contributed by atoms with Gasteiger partial charge >= 0.3 is 5.97 Å². The van der Waals surface area contributed by atoms with E-state index in [1.54, 1.807) is 9.80 Å². The van der Waals surface area contributed by atoms with Gasteiger partial charge in [0.05, 0.1) is 12.5 Å². The van der Waals surface area contributed by atoms with Crippen molar-refractivity contribution < 1.29 is 14.7 Å². The van der Waals surface area contributed by atoms with E-state index in [4.69, 9.17) is 5.11 Å². The summed E-state index contributed by atoms with van der Waals surface area (Å²) < 4.78 is 0. The van der Waals surface area contributed by atoms with Gasteiger partial charge in [-0.1, -0.05) is 0 Å². The van der Waals surface area contributed by atoms with Crippen LogP contribution in [0.1, 0.15) is 0 Å². The Morgan fingerprint density at radius 1 is 1.43 bits per heavy atom. The monoisotopic (exact) mass is 222 g/mol. The smallest absolute Gasteiger partial charge is 0.310 e. The van der Waals surface area contributed by atoms with E-state index < -0.39 is 5.97 Å². The molecule has 0 atom stereocenters. The molecule has 0 unspecified atom stereocenters. The Morgan fingerprint density at radius 3 is 2.29 bits per heavy atom. The molecule has 1 aliphatic heterocycles. The molecule has 1 amide bonds. The van der Waals surface area contributed by atoms with Gasteiger partial charge in [-0.2, -0.15) is 0 Å². The molecule has 0 aromatic rings. The molecule has 14 heavy (non-hydrogen) atoms. The largest absolute Gasteiger partial charge is 0.481 e. The van der Waals surface area contributed by atoms with Crippen LogP contribution in [0.2, 0.25) is 0 Å². The number of amides is 1. The van der Waals surface area contributed by atoms with Gasteiger partial charge in [0.2, 0.25) is 5.91 Å². The Balaban J connectivity index is 0.00000169. The summed E-state index contributed by atoms with van der Waals surface area (Å²) in [7, 11) is 3.62. The van der Waals surface area contributed by atoms with Crippen LogP contribution < -0.4 is 0 Å². The minimum atomic E-state index is -0.811. The normalized spacial score (nSPS) is 16.1. The highest BCUT2D eigenvalue weighted by atomic mass is 35.5. The van der Waals surface area contributed by atoms with Gasteiger partial charge in [-0.05, 0) is 14.1 Å². The van der Waals surface area contributed by atoms with Crippen molar-refractivity contribution in [3.05, 3.63) is 0 Å². The molecule has 5 nitrogen and oxygen atoms in total. The quantitative estimate of drug-likeness (QED) is 0.700. The summed E-state index contributed by atoms with van der Waals surface area (Å²) in [5.74, 6) is -1.16. The number of carboxylic acid groups (broad SMARTS) is 1. The lowest BCUT2D eigenvalue weighted by Crippen LogP contribution is -2.54. The van der Waals surface area contributed by atoms with Gasteiger partial charge in [-0.15, -0.1) is 12.4 Å². The number of carbonyl (C=O) groups is 2. The number of rotatable bonds is 3. The predicted octanol–water partition coefficient (Wildman–Crippen LogP) is -0.487. The standard InChI is InChI=1S/C8H14N2O3.ClH/c1-9(2)5-7(11)10-3-6(4-10)8(12)13;/h6H,3-5H2,1-2H3,(H,12,13);1H. The lowest BCUT2D eigenvalue weighted by atomic mass is 10.0. The zero-order valence-electron chi connectivity index (χ0n) is 8.27. The van der Waals surface area contributed by atoms with Gasteiger partial charge in [-0.25, -0.2) is 0 Å². The fourth-order valence-electron chi connectivity index (χ4n) is 1.21. The molecule has 0 saturated carbocycles. The second-order valence-corrected chi connectivity index (χ2v) is 3.57. The molecular weight excluding hydrogens is 208 g/mol. The van der Waals surface area contributed by atoms with Crippen LogP contribution in [0, 0.1) is 5.92 Å². The van der Waals surface area contributed by atoms with Crippen molar-refractivity contribution in [2.75, 3.05) is 33.7 Å². The third kappa shape index (κ3) is 3.16. The average Bonchev–Trinajstić information content (AvgIpc) is 1.79. The molecule has 0 aliphatic carbocycles. The van der Waals surface area contributed by atoms with Crippen LogP contribution >= 0.6 is 12.4 Å². The number of carboxylic acids is 1. The van der Waals surface area contributed by atoms with E-state index in [1.807, 2.05) is 14.1 Å². The lowest BCUT2D eigenvalue weighted by Gasteiger charge is -2.37. The molecule has 1 aliphatic rings. The molecule has 0 bridgehead atoms. The molecule has 0 aromatic heterocycles. The summed E-state index contributed by atoms with van der Waals surface area (Å²) in [5.41, 5.74) is 0. The number of halogens is 1. The van der Waals surface area contributed by atoms with Crippen molar-refractivity contribution in [3.63, 3.8) is 0 Å². The van der Waals surface area contributed by atoms with E-state index >= 15 is 0 Å². The number of hydrogen-bond acceptors (Lipinski definition) is 3. The first-order chi connectivity index (χ1) is 6.00. The maximum absolute atomic E-state index is 11.3.